The van der Waals surface area contributed by atoms with Gasteiger partial charge in [-0.05, 0) is 48.6 Å². The number of nitrogens with zero attached hydrogens (tertiary/aromatic N) is 2. The third-order valence-corrected chi connectivity index (χ3v) is 6.53. The van der Waals surface area contributed by atoms with Crippen molar-refractivity contribution in [2.75, 3.05) is 16.4 Å². The van der Waals surface area contributed by atoms with Crippen molar-refractivity contribution in [1.29, 1.82) is 0 Å². The second-order valence-corrected chi connectivity index (χ2v) is 9.72. The standard InChI is InChI=1S/C22H22N4O2S3/c1-3-29-22-25-21(31-26-22)24-20(28)15(2)30-18-12-10-17(11-13-18)23-19(27)14-9-16-7-5-4-6-8-16/h4-15H,3H2,1-2H3,(H,23,27)(H,24,25,26,28)/b14-9+. The van der Waals surface area contributed by atoms with Crippen LogP contribution in [-0.4, -0.2) is 32.2 Å². The molecule has 3 rings (SSSR count). The molecule has 2 N–H and O–H groups in total. The van der Waals surface area contributed by atoms with Crippen LogP contribution in [0.4, 0.5) is 10.8 Å². The quantitative estimate of drug-likeness (QED) is 0.321. The zero-order chi connectivity index (χ0) is 22.1. The molecule has 1 aromatic heterocycles. The Morgan fingerprint density at radius 3 is 2.55 bits per heavy atom. The Labute approximate surface area is 194 Å². The van der Waals surface area contributed by atoms with E-state index >= 15 is 0 Å². The molecule has 160 valence electrons. The first-order chi connectivity index (χ1) is 15.0. The maximum Gasteiger partial charge on any atom is 0.248 e. The fraction of sp³-hybridized carbons (Fsp3) is 0.182. The number of carbonyl (C=O) groups excluding carboxylic acids is 2. The fourth-order valence-corrected chi connectivity index (χ4v) is 4.59. The van der Waals surface area contributed by atoms with Crippen LogP contribution in [0, 0.1) is 0 Å². The Bertz CT molecular complexity index is 1040. The summed E-state index contributed by atoms with van der Waals surface area (Å²) in [6, 6.07) is 17.0. The summed E-state index contributed by atoms with van der Waals surface area (Å²) >= 11 is 4.16. The first kappa shape index (κ1) is 23.1. The number of nitrogens with one attached hydrogen (secondary N) is 2. The van der Waals surface area contributed by atoms with Crippen LogP contribution < -0.4 is 10.6 Å². The largest absolute Gasteiger partial charge is 0.323 e. The molecular formula is C22H22N4O2S3. The maximum atomic E-state index is 12.4. The Morgan fingerprint density at radius 2 is 1.84 bits per heavy atom. The lowest BCUT2D eigenvalue weighted by molar-refractivity contribution is -0.115. The summed E-state index contributed by atoms with van der Waals surface area (Å²) in [6.45, 7) is 3.87. The zero-order valence-electron chi connectivity index (χ0n) is 17.1. The van der Waals surface area contributed by atoms with E-state index in [0.717, 1.165) is 16.2 Å². The van der Waals surface area contributed by atoms with Gasteiger partial charge in [-0.1, -0.05) is 49.0 Å². The van der Waals surface area contributed by atoms with Crippen molar-refractivity contribution in [1.82, 2.24) is 9.36 Å². The maximum absolute atomic E-state index is 12.4. The van der Waals surface area contributed by atoms with Gasteiger partial charge in [0.05, 0.1) is 5.25 Å². The summed E-state index contributed by atoms with van der Waals surface area (Å²) in [4.78, 5) is 29.7. The van der Waals surface area contributed by atoms with Gasteiger partial charge in [0, 0.05) is 28.2 Å². The van der Waals surface area contributed by atoms with E-state index in [1.807, 2.05) is 68.4 Å². The average Bonchev–Trinajstić information content (AvgIpc) is 3.21. The molecule has 0 radical (unpaired) electrons. The van der Waals surface area contributed by atoms with Crippen LogP contribution in [0.25, 0.3) is 6.08 Å². The minimum Gasteiger partial charge on any atom is -0.323 e. The predicted molar refractivity (Wildman–Crippen MR) is 131 cm³/mol. The minimum atomic E-state index is -0.305. The van der Waals surface area contributed by atoms with E-state index in [0.29, 0.717) is 16.0 Å². The highest BCUT2D eigenvalue weighted by Crippen LogP contribution is 2.26. The molecule has 0 saturated heterocycles. The molecule has 0 aliphatic heterocycles. The highest BCUT2D eigenvalue weighted by Gasteiger charge is 2.16. The molecule has 6 nitrogen and oxygen atoms in total. The van der Waals surface area contributed by atoms with Crippen LogP contribution in [0.3, 0.4) is 0 Å². The third-order valence-electron chi connectivity index (χ3n) is 3.94. The smallest absolute Gasteiger partial charge is 0.248 e. The number of thioether (sulfide) groups is 2. The van der Waals surface area contributed by atoms with E-state index in [-0.39, 0.29) is 17.1 Å². The van der Waals surface area contributed by atoms with Crippen molar-refractivity contribution in [3.05, 3.63) is 66.2 Å². The van der Waals surface area contributed by atoms with Gasteiger partial charge in [0.2, 0.25) is 22.1 Å². The molecule has 2 aromatic carbocycles. The van der Waals surface area contributed by atoms with E-state index in [9.17, 15) is 9.59 Å². The number of amides is 2. The van der Waals surface area contributed by atoms with Crippen molar-refractivity contribution in [2.45, 2.75) is 29.1 Å². The normalized spacial score (nSPS) is 11.9. The number of hydrogen-bond donors (Lipinski definition) is 2. The molecule has 0 aliphatic carbocycles. The Kier molecular flexibility index (Phi) is 8.69. The van der Waals surface area contributed by atoms with Gasteiger partial charge in [-0.25, -0.2) is 0 Å². The molecule has 2 amide bonds. The summed E-state index contributed by atoms with van der Waals surface area (Å²) in [5, 5.41) is 6.53. The monoisotopic (exact) mass is 470 g/mol. The molecular weight excluding hydrogens is 448 g/mol. The number of carbonyl (C=O) groups is 2. The second-order valence-electron chi connectivity index (χ2n) is 6.32. The minimum absolute atomic E-state index is 0.127. The molecule has 31 heavy (non-hydrogen) atoms. The van der Waals surface area contributed by atoms with Crippen LogP contribution in [0.5, 0.6) is 0 Å². The number of benzene rings is 2. The van der Waals surface area contributed by atoms with Crippen molar-refractivity contribution >= 4 is 63.8 Å². The number of aromatic nitrogens is 2. The van der Waals surface area contributed by atoms with Crippen molar-refractivity contribution in [2.24, 2.45) is 0 Å². The van der Waals surface area contributed by atoms with E-state index < -0.39 is 0 Å². The van der Waals surface area contributed by atoms with Gasteiger partial charge >= 0.3 is 0 Å². The lowest BCUT2D eigenvalue weighted by Gasteiger charge is -2.11. The predicted octanol–water partition coefficient (Wildman–Crippen LogP) is 5.42. The van der Waals surface area contributed by atoms with Crippen LogP contribution in [-0.2, 0) is 9.59 Å². The fourth-order valence-electron chi connectivity index (χ4n) is 2.45. The SMILES string of the molecule is CCSc1nsc(NC(=O)C(C)Sc2ccc(NC(=O)/C=C/c3ccccc3)cc2)n1. The zero-order valence-corrected chi connectivity index (χ0v) is 19.5. The molecule has 3 aromatic rings. The third kappa shape index (κ3) is 7.54. The molecule has 0 aliphatic rings. The van der Waals surface area contributed by atoms with Crippen LogP contribution in [0.2, 0.25) is 0 Å². The molecule has 1 unspecified atom stereocenters. The van der Waals surface area contributed by atoms with E-state index in [2.05, 4.69) is 20.0 Å². The molecule has 0 saturated carbocycles. The van der Waals surface area contributed by atoms with Crippen LogP contribution >= 0.6 is 35.1 Å². The second kappa shape index (κ2) is 11.7. The van der Waals surface area contributed by atoms with Crippen molar-refractivity contribution < 1.29 is 9.59 Å². The molecule has 0 bridgehead atoms. The Balaban J connectivity index is 1.49. The summed E-state index contributed by atoms with van der Waals surface area (Å²) in [6.07, 6.45) is 3.27. The summed E-state index contributed by atoms with van der Waals surface area (Å²) in [7, 11) is 0. The van der Waals surface area contributed by atoms with Crippen LogP contribution in [0.1, 0.15) is 19.4 Å². The van der Waals surface area contributed by atoms with Gasteiger partial charge in [0.25, 0.3) is 0 Å². The number of hydrogen-bond acceptors (Lipinski definition) is 7. The number of anilines is 2. The summed E-state index contributed by atoms with van der Waals surface area (Å²) < 4.78 is 4.20. The lowest BCUT2D eigenvalue weighted by atomic mass is 10.2. The van der Waals surface area contributed by atoms with Gasteiger partial charge in [0.1, 0.15) is 0 Å². The number of rotatable bonds is 9. The van der Waals surface area contributed by atoms with E-state index in [1.165, 1.54) is 41.1 Å². The first-order valence-electron chi connectivity index (χ1n) is 9.61. The van der Waals surface area contributed by atoms with Gasteiger partial charge in [0.15, 0.2) is 0 Å². The van der Waals surface area contributed by atoms with Gasteiger partial charge in [-0.15, -0.1) is 11.8 Å². The van der Waals surface area contributed by atoms with Crippen molar-refractivity contribution in [3.63, 3.8) is 0 Å². The summed E-state index contributed by atoms with van der Waals surface area (Å²) in [5.41, 5.74) is 1.66. The molecule has 1 heterocycles. The molecule has 0 fully saturated rings. The Hall–Kier alpha value is -2.62. The first-order valence-corrected chi connectivity index (χ1v) is 12.3. The molecule has 1 atom stereocenters. The topological polar surface area (TPSA) is 84.0 Å². The molecule has 0 spiro atoms. The van der Waals surface area contributed by atoms with Gasteiger partial charge in [-0.3, -0.25) is 14.9 Å². The van der Waals surface area contributed by atoms with Gasteiger partial charge < -0.3 is 5.32 Å². The van der Waals surface area contributed by atoms with Crippen molar-refractivity contribution in [3.8, 4) is 0 Å². The molecule has 9 heteroatoms. The Morgan fingerprint density at radius 1 is 1.10 bits per heavy atom. The van der Waals surface area contributed by atoms with E-state index in [4.69, 9.17) is 0 Å². The highest BCUT2D eigenvalue weighted by molar-refractivity contribution is 8.00. The summed E-state index contributed by atoms with van der Waals surface area (Å²) in [5.74, 6) is 0.558. The average molecular weight is 471 g/mol. The van der Waals surface area contributed by atoms with E-state index in [1.54, 1.807) is 6.08 Å². The van der Waals surface area contributed by atoms with Crippen LogP contribution in [0.15, 0.2) is 70.7 Å². The highest BCUT2D eigenvalue weighted by atomic mass is 32.2. The van der Waals surface area contributed by atoms with Gasteiger partial charge in [-0.2, -0.15) is 9.36 Å². The lowest BCUT2D eigenvalue weighted by Crippen LogP contribution is -2.22.